The van der Waals surface area contributed by atoms with Crippen LogP contribution in [0.5, 0.6) is 5.75 Å². The highest BCUT2D eigenvalue weighted by molar-refractivity contribution is 6.30. The van der Waals surface area contributed by atoms with Crippen LogP contribution in [0, 0.1) is 5.82 Å². The monoisotopic (exact) mass is 292 g/mol. The van der Waals surface area contributed by atoms with Crippen LogP contribution in [0.25, 0.3) is 0 Å². The maximum absolute atomic E-state index is 13.1. The first kappa shape index (κ1) is 13.4. The Morgan fingerprint density at radius 1 is 1.30 bits per heavy atom. The number of aliphatic hydroxyl groups excluding tert-OH is 1. The second kappa shape index (κ2) is 5.43. The van der Waals surface area contributed by atoms with Gasteiger partial charge in [-0.3, -0.25) is 0 Å². The van der Waals surface area contributed by atoms with E-state index >= 15 is 0 Å². The van der Waals surface area contributed by atoms with Gasteiger partial charge in [0.1, 0.15) is 11.6 Å². The number of fused-ring (bicyclic) bond motifs is 1. The summed E-state index contributed by atoms with van der Waals surface area (Å²) in [5.74, 6) is 0.322. The van der Waals surface area contributed by atoms with Crippen molar-refractivity contribution in [1.82, 2.24) is 0 Å². The molecule has 2 aromatic carbocycles. The minimum absolute atomic E-state index is 0.0602. The zero-order valence-corrected chi connectivity index (χ0v) is 11.5. The molecule has 0 saturated carbocycles. The van der Waals surface area contributed by atoms with Crippen LogP contribution in [0.1, 0.15) is 17.0 Å². The number of aliphatic hydroxyl groups is 1. The number of halogens is 2. The maximum atomic E-state index is 13.1. The normalized spacial score (nSPS) is 18.4. The summed E-state index contributed by atoms with van der Waals surface area (Å²) in [5.41, 5.74) is 1.83. The van der Waals surface area contributed by atoms with Crippen LogP contribution >= 0.6 is 11.6 Å². The van der Waals surface area contributed by atoms with E-state index in [4.69, 9.17) is 16.3 Å². The molecule has 0 radical (unpaired) electrons. The molecular weight excluding hydrogens is 279 g/mol. The Morgan fingerprint density at radius 2 is 2.10 bits per heavy atom. The van der Waals surface area contributed by atoms with Gasteiger partial charge in [0.05, 0.1) is 17.7 Å². The molecule has 0 aromatic heterocycles. The molecular formula is C16H14ClFO2. The summed E-state index contributed by atoms with van der Waals surface area (Å²) in [6, 6.07) is 12.2. The first-order valence-corrected chi connectivity index (χ1v) is 6.86. The third kappa shape index (κ3) is 2.51. The Kier molecular flexibility index (Phi) is 3.64. The van der Waals surface area contributed by atoms with Gasteiger partial charge in [-0.2, -0.15) is 0 Å². The van der Waals surface area contributed by atoms with Crippen molar-refractivity contribution in [2.75, 3.05) is 6.61 Å². The molecule has 4 heteroatoms. The van der Waals surface area contributed by atoms with Crippen molar-refractivity contribution in [2.45, 2.75) is 18.4 Å². The minimum atomic E-state index is -0.583. The van der Waals surface area contributed by atoms with Crippen LogP contribution < -0.4 is 4.74 Å². The fraction of sp³-hybridized carbons (Fsp3) is 0.250. The van der Waals surface area contributed by atoms with E-state index in [1.807, 2.05) is 24.3 Å². The zero-order chi connectivity index (χ0) is 14.1. The van der Waals surface area contributed by atoms with E-state index in [9.17, 15) is 9.50 Å². The standard InChI is InChI=1S/C16H14ClFO2/c17-13-7-10(5-6-14(13)18)8-15(19)12-9-20-16-4-2-1-3-11(12)16/h1-7,12,15,19H,8-9H2. The number of hydrogen-bond donors (Lipinski definition) is 1. The summed E-state index contributed by atoms with van der Waals surface area (Å²) >= 11 is 5.76. The van der Waals surface area contributed by atoms with Crippen LogP contribution in [0.4, 0.5) is 4.39 Å². The smallest absolute Gasteiger partial charge is 0.141 e. The summed E-state index contributed by atoms with van der Waals surface area (Å²) in [6.07, 6.45) is -0.164. The first-order chi connectivity index (χ1) is 9.65. The molecule has 20 heavy (non-hydrogen) atoms. The van der Waals surface area contributed by atoms with Gasteiger partial charge in [0.2, 0.25) is 0 Å². The van der Waals surface area contributed by atoms with E-state index in [1.54, 1.807) is 12.1 Å². The molecule has 2 atom stereocenters. The quantitative estimate of drug-likeness (QED) is 0.937. The molecule has 0 spiro atoms. The van der Waals surface area contributed by atoms with Gasteiger partial charge in [-0.05, 0) is 30.2 Å². The van der Waals surface area contributed by atoms with E-state index in [0.29, 0.717) is 13.0 Å². The van der Waals surface area contributed by atoms with Crippen molar-refractivity contribution in [3.63, 3.8) is 0 Å². The average Bonchev–Trinajstić information content (AvgIpc) is 2.87. The number of benzene rings is 2. The van der Waals surface area contributed by atoms with Gasteiger partial charge in [-0.25, -0.2) is 4.39 Å². The van der Waals surface area contributed by atoms with Gasteiger partial charge >= 0.3 is 0 Å². The van der Waals surface area contributed by atoms with Crippen molar-refractivity contribution in [2.24, 2.45) is 0 Å². The topological polar surface area (TPSA) is 29.5 Å². The number of hydrogen-bond acceptors (Lipinski definition) is 2. The highest BCUT2D eigenvalue weighted by atomic mass is 35.5. The lowest BCUT2D eigenvalue weighted by Gasteiger charge is -2.17. The molecule has 0 fully saturated rings. The maximum Gasteiger partial charge on any atom is 0.141 e. The molecule has 1 heterocycles. The lowest BCUT2D eigenvalue weighted by Crippen LogP contribution is -2.22. The highest BCUT2D eigenvalue weighted by Gasteiger charge is 2.30. The van der Waals surface area contributed by atoms with E-state index < -0.39 is 11.9 Å². The summed E-state index contributed by atoms with van der Waals surface area (Å²) in [7, 11) is 0. The largest absolute Gasteiger partial charge is 0.493 e. The third-order valence-electron chi connectivity index (χ3n) is 3.63. The molecule has 0 aliphatic carbocycles. The van der Waals surface area contributed by atoms with Gasteiger partial charge in [0.25, 0.3) is 0 Å². The molecule has 3 rings (SSSR count). The van der Waals surface area contributed by atoms with Crippen molar-refractivity contribution in [3.8, 4) is 5.75 Å². The molecule has 104 valence electrons. The fourth-order valence-electron chi connectivity index (χ4n) is 2.56. The van der Waals surface area contributed by atoms with Crippen LogP contribution in [0.3, 0.4) is 0 Å². The number of rotatable bonds is 3. The third-order valence-corrected chi connectivity index (χ3v) is 3.92. The molecule has 0 bridgehead atoms. The molecule has 2 aromatic rings. The van der Waals surface area contributed by atoms with Crippen LogP contribution in [0.2, 0.25) is 5.02 Å². The molecule has 1 aliphatic heterocycles. The lowest BCUT2D eigenvalue weighted by molar-refractivity contribution is 0.129. The Balaban J connectivity index is 1.77. The summed E-state index contributed by atoms with van der Waals surface area (Å²) < 4.78 is 18.7. The highest BCUT2D eigenvalue weighted by Crippen LogP contribution is 2.36. The zero-order valence-electron chi connectivity index (χ0n) is 10.7. The van der Waals surface area contributed by atoms with Crippen LogP contribution in [-0.4, -0.2) is 17.8 Å². The van der Waals surface area contributed by atoms with E-state index in [0.717, 1.165) is 16.9 Å². The van der Waals surface area contributed by atoms with Crippen molar-refractivity contribution in [3.05, 3.63) is 64.4 Å². The lowest BCUT2D eigenvalue weighted by atomic mass is 9.91. The van der Waals surface area contributed by atoms with Gasteiger partial charge in [-0.15, -0.1) is 0 Å². The molecule has 0 saturated heterocycles. The van der Waals surface area contributed by atoms with Gasteiger partial charge in [-0.1, -0.05) is 35.9 Å². The van der Waals surface area contributed by atoms with Crippen molar-refractivity contribution in [1.29, 1.82) is 0 Å². The summed E-state index contributed by atoms with van der Waals surface area (Å²) in [4.78, 5) is 0. The average molecular weight is 293 g/mol. The summed E-state index contributed by atoms with van der Waals surface area (Å²) in [6.45, 7) is 0.468. The minimum Gasteiger partial charge on any atom is -0.493 e. The van der Waals surface area contributed by atoms with E-state index in [1.165, 1.54) is 6.07 Å². The predicted octanol–water partition coefficient (Wildman–Crippen LogP) is 3.56. The van der Waals surface area contributed by atoms with E-state index in [2.05, 4.69) is 0 Å². The Labute approximate surface area is 121 Å². The van der Waals surface area contributed by atoms with E-state index in [-0.39, 0.29) is 10.9 Å². The van der Waals surface area contributed by atoms with Crippen LogP contribution in [0.15, 0.2) is 42.5 Å². The molecule has 2 unspecified atom stereocenters. The first-order valence-electron chi connectivity index (χ1n) is 6.49. The predicted molar refractivity (Wildman–Crippen MR) is 75.8 cm³/mol. The Bertz CT molecular complexity index is 630. The Morgan fingerprint density at radius 3 is 2.90 bits per heavy atom. The van der Waals surface area contributed by atoms with Crippen LogP contribution in [-0.2, 0) is 6.42 Å². The SMILES string of the molecule is OC(Cc1ccc(F)c(Cl)c1)C1COc2ccccc21. The van der Waals surface area contributed by atoms with Gasteiger partial charge in [0.15, 0.2) is 0 Å². The second-order valence-corrected chi connectivity index (χ2v) is 5.38. The molecule has 2 nitrogen and oxygen atoms in total. The number of para-hydroxylation sites is 1. The van der Waals surface area contributed by atoms with Crippen molar-refractivity contribution < 1.29 is 14.2 Å². The van der Waals surface area contributed by atoms with Gasteiger partial charge < -0.3 is 9.84 Å². The Hall–Kier alpha value is -1.58. The van der Waals surface area contributed by atoms with Crippen molar-refractivity contribution >= 4 is 11.6 Å². The molecule has 1 aliphatic rings. The fourth-order valence-corrected chi connectivity index (χ4v) is 2.76. The molecule has 0 amide bonds. The second-order valence-electron chi connectivity index (χ2n) is 4.98. The number of ether oxygens (including phenoxy) is 1. The molecule has 1 N–H and O–H groups in total. The van der Waals surface area contributed by atoms with Gasteiger partial charge in [0, 0.05) is 11.5 Å². The summed E-state index contributed by atoms with van der Waals surface area (Å²) in [5, 5.41) is 10.5.